The van der Waals surface area contributed by atoms with Crippen LogP contribution in [0.5, 0.6) is 0 Å². The van der Waals surface area contributed by atoms with E-state index in [0.29, 0.717) is 6.04 Å². The Labute approximate surface area is 101 Å². The molecule has 0 radical (unpaired) electrons. The van der Waals surface area contributed by atoms with E-state index in [9.17, 15) is 0 Å². The van der Waals surface area contributed by atoms with Crippen molar-refractivity contribution in [2.24, 2.45) is 17.6 Å². The van der Waals surface area contributed by atoms with Gasteiger partial charge >= 0.3 is 0 Å². The second-order valence-corrected chi connectivity index (χ2v) is 5.67. The molecule has 2 heteroatoms. The average Bonchev–Trinajstić information content (AvgIpc) is 2.31. The van der Waals surface area contributed by atoms with Crippen molar-refractivity contribution in [3.05, 3.63) is 0 Å². The molecule has 16 heavy (non-hydrogen) atoms. The summed E-state index contributed by atoms with van der Waals surface area (Å²) in [5, 5.41) is 3.44. The van der Waals surface area contributed by atoms with Gasteiger partial charge in [0.05, 0.1) is 0 Å². The summed E-state index contributed by atoms with van der Waals surface area (Å²) >= 11 is 0. The highest BCUT2D eigenvalue weighted by molar-refractivity contribution is 4.72. The van der Waals surface area contributed by atoms with E-state index in [4.69, 9.17) is 5.73 Å². The first-order chi connectivity index (χ1) is 7.72. The quantitative estimate of drug-likeness (QED) is 0.721. The number of nitrogens with two attached hydrogens (primary N) is 1. The molecule has 2 fully saturated rings. The zero-order chi connectivity index (χ0) is 11.8. The van der Waals surface area contributed by atoms with Crippen molar-refractivity contribution in [3.63, 3.8) is 0 Å². The van der Waals surface area contributed by atoms with Crippen LogP contribution in [-0.4, -0.2) is 19.1 Å². The summed E-state index contributed by atoms with van der Waals surface area (Å²) in [6.45, 7) is 7.09. The lowest BCUT2D eigenvalue weighted by Gasteiger charge is -2.26. The zero-order valence-corrected chi connectivity index (χ0v) is 11.2. The first-order valence-corrected chi connectivity index (χ1v) is 7.18. The van der Waals surface area contributed by atoms with Crippen LogP contribution >= 0.6 is 0 Å². The lowest BCUT2D eigenvalue weighted by molar-refractivity contribution is 0.296. The third kappa shape index (κ3) is 5.86. The van der Waals surface area contributed by atoms with E-state index in [0.717, 1.165) is 11.8 Å². The Morgan fingerprint density at radius 3 is 2.19 bits per heavy atom. The van der Waals surface area contributed by atoms with Gasteiger partial charge in [-0.25, -0.2) is 0 Å². The fraction of sp³-hybridized carbons (Fsp3) is 1.00. The first-order valence-electron chi connectivity index (χ1n) is 7.18. The minimum Gasteiger partial charge on any atom is -0.328 e. The van der Waals surface area contributed by atoms with Gasteiger partial charge in [0.15, 0.2) is 0 Å². The van der Waals surface area contributed by atoms with Crippen LogP contribution in [0, 0.1) is 11.8 Å². The summed E-state index contributed by atoms with van der Waals surface area (Å²) in [5.74, 6) is 1.86. The fourth-order valence-corrected chi connectivity index (χ4v) is 2.71. The van der Waals surface area contributed by atoms with E-state index in [1.807, 2.05) is 0 Å². The Bertz CT molecular complexity index is 164. The standard InChI is InChI=1S/C8H17N.C6H13N/c1-3-8-4-7(2)5-9-6-8;7-6-4-2-1-3-5-6/h7-9H,3-6H2,1-2H3;6H,1-5,7H2. The van der Waals surface area contributed by atoms with Crippen molar-refractivity contribution in [2.45, 2.75) is 64.8 Å². The molecular formula is C14H30N2. The molecule has 96 valence electrons. The molecule has 0 spiro atoms. The van der Waals surface area contributed by atoms with Crippen LogP contribution in [0.15, 0.2) is 0 Å². The highest BCUT2D eigenvalue weighted by Gasteiger charge is 2.15. The third-order valence-electron chi connectivity index (χ3n) is 3.89. The molecule has 2 nitrogen and oxygen atoms in total. The predicted molar refractivity (Wildman–Crippen MR) is 71.5 cm³/mol. The second kappa shape index (κ2) is 8.08. The summed E-state index contributed by atoms with van der Waals surface area (Å²) in [7, 11) is 0. The molecule has 2 rings (SSSR count). The van der Waals surface area contributed by atoms with Gasteiger partial charge in [0.1, 0.15) is 0 Å². The Balaban J connectivity index is 0.000000165. The van der Waals surface area contributed by atoms with Crippen LogP contribution in [0.2, 0.25) is 0 Å². The van der Waals surface area contributed by atoms with E-state index in [1.165, 1.54) is 58.0 Å². The molecule has 1 aliphatic carbocycles. The smallest absolute Gasteiger partial charge is 0.00388 e. The Morgan fingerprint density at radius 2 is 1.81 bits per heavy atom. The Morgan fingerprint density at radius 1 is 1.12 bits per heavy atom. The molecule has 0 aromatic carbocycles. The molecule has 0 amide bonds. The Kier molecular flexibility index (Phi) is 7.06. The number of hydrogen-bond acceptors (Lipinski definition) is 2. The van der Waals surface area contributed by atoms with Crippen LogP contribution in [-0.2, 0) is 0 Å². The molecule has 0 aromatic rings. The van der Waals surface area contributed by atoms with Gasteiger partial charge in [0.25, 0.3) is 0 Å². The summed E-state index contributed by atoms with van der Waals surface area (Å²) < 4.78 is 0. The highest BCUT2D eigenvalue weighted by atomic mass is 14.9. The maximum atomic E-state index is 5.63. The van der Waals surface area contributed by atoms with Crippen molar-refractivity contribution in [1.29, 1.82) is 0 Å². The molecule has 1 saturated heterocycles. The summed E-state index contributed by atoms with van der Waals surface area (Å²) in [6, 6.07) is 0.536. The van der Waals surface area contributed by atoms with Crippen LogP contribution in [0.1, 0.15) is 58.8 Å². The molecule has 0 aromatic heterocycles. The van der Waals surface area contributed by atoms with Gasteiger partial charge < -0.3 is 11.1 Å². The molecular weight excluding hydrogens is 196 g/mol. The van der Waals surface area contributed by atoms with E-state index in [-0.39, 0.29) is 0 Å². The van der Waals surface area contributed by atoms with Crippen molar-refractivity contribution in [2.75, 3.05) is 13.1 Å². The monoisotopic (exact) mass is 226 g/mol. The van der Waals surface area contributed by atoms with Crippen LogP contribution < -0.4 is 11.1 Å². The molecule has 2 aliphatic rings. The summed E-state index contributed by atoms with van der Waals surface area (Å²) in [6.07, 6.45) is 9.44. The average molecular weight is 226 g/mol. The van der Waals surface area contributed by atoms with E-state index < -0.39 is 0 Å². The lowest BCUT2D eigenvalue weighted by atomic mass is 9.90. The maximum absolute atomic E-state index is 5.63. The molecule has 3 N–H and O–H groups in total. The number of rotatable bonds is 1. The Hall–Kier alpha value is -0.0800. The highest BCUT2D eigenvalue weighted by Crippen LogP contribution is 2.17. The van der Waals surface area contributed by atoms with E-state index in [2.05, 4.69) is 19.2 Å². The van der Waals surface area contributed by atoms with Gasteiger partial charge in [-0.05, 0) is 44.2 Å². The number of piperidine rings is 1. The maximum Gasteiger partial charge on any atom is 0.00388 e. The SMILES string of the molecule is CCC1CNCC(C)C1.NC1CCCCC1. The third-order valence-corrected chi connectivity index (χ3v) is 3.89. The molecule has 1 aliphatic heterocycles. The molecule has 0 bridgehead atoms. The van der Waals surface area contributed by atoms with Crippen LogP contribution in [0.4, 0.5) is 0 Å². The zero-order valence-electron chi connectivity index (χ0n) is 11.2. The van der Waals surface area contributed by atoms with E-state index in [1.54, 1.807) is 0 Å². The fourth-order valence-electron chi connectivity index (χ4n) is 2.71. The van der Waals surface area contributed by atoms with Gasteiger partial charge in [-0.3, -0.25) is 0 Å². The van der Waals surface area contributed by atoms with Gasteiger partial charge in [0, 0.05) is 6.04 Å². The normalized spacial score (nSPS) is 31.7. The van der Waals surface area contributed by atoms with Crippen molar-refractivity contribution >= 4 is 0 Å². The minimum absolute atomic E-state index is 0.536. The van der Waals surface area contributed by atoms with Crippen LogP contribution in [0.25, 0.3) is 0 Å². The second-order valence-electron chi connectivity index (χ2n) is 5.67. The van der Waals surface area contributed by atoms with Crippen molar-refractivity contribution in [3.8, 4) is 0 Å². The predicted octanol–water partition coefficient (Wildman–Crippen LogP) is 2.92. The molecule has 1 heterocycles. The number of nitrogens with one attached hydrogen (secondary N) is 1. The minimum atomic E-state index is 0.536. The van der Waals surface area contributed by atoms with Gasteiger partial charge in [0.2, 0.25) is 0 Å². The molecule has 2 unspecified atom stereocenters. The van der Waals surface area contributed by atoms with Gasteiger partial charge in [-0.1, -0.05) is 39.5 Å². The first kappa shape index (κ1) is 14.0. The van der Waals surface area contributed by atoms with Gasteiger partial charge in [-0.15, -0.1) is 0 Å². The van der Waals surface area contributed by atoms with Crippen LogP contribution in [0.3, 0.4) is 0 Å². The van der Waals surface area contributed by atoms with Gasteiger partial charge in [-0.2, -0.15) is 0 Å². The molecule has 1 saturated carbocycles. The summed E-state index contributed by atoms with van der Waals surface area (Å²) in [4.78, 5) is 0. The topological polar surface area (TPSA) is 38.0 Å². The van der Waals surface area contributed by atoms with E-state index >= 15 is 0 Å². The lowest BCUT2D eigenvalue weighted by Crippen LogP contribution is -2.34. The molecule has 2 atom stereocenters. The van der Waals surface area contributed by atoms with Crippen molar-refractivity contribution < 1.29 is 0 Å². The number of hydrogen-bond donors (Lipinski definition) is 2. The largest absolute Gasteiger partial charge is 0.328 e. The summed E-state index contributed by atoms with van der Waals surface area (Å²) in [5.41, 5.74) is 5.63. The van der Waals surface area contributed by atoms with Crippen molar-refractivity contribution in [1.82, 2.24) is 5.32 Å².